The van der Waals surface area contributed by atoms with Crippen LogP contribution in [-0.4, -0.2) is 28.4 Å². The Morgan fingerprint density at radius 2 is 1.74 bits per heavy atom. The number of carboxylic acid groups (broad SMARTS) is 1. The third-order valence-corrected chi connectivity index (χ3v) is 5.61. The Kier molecular flexibility index (Phi) is 9.18. The Morgan fingerprint density at radius 1 is 1.06 bits per heavy atom. The van der Waals surface area contributed by atoms with E-state index in [0.29, 0.717) is 12.4 Å². The number of rotatable bonds is 11. The molecule has 2 atom stereocenters. The van der Waals surface area contributed by atoms with Crippen LogP contribution < -0.4 is 9.84 Å². The molecule has 0 aliphatic heterocycles. The predicted molar refractivity (Wildman–Crippen MR) is 132 cm³/mol. The molecule has 0 fully saturated rings. The minimum Gasteiger partial charge on any atom is -0.550 e. The number of carbonyl (C=O) groups is 1. The molecule has 0 amide bonds. The highest BCUT2D eigenvalue weighted by atomic mass is 19.1. The van der Waals surface area contributed by atoms with Crippen molar-refractivity contribution in [3.8, 4) is 16.9 Å². The predicted octanol–water partition coefficient (Wildman–Crippen LogP) is 4.46. The van der Waals surface area contributed by atoms with E-state index >= 15 is 0 Å². The molecule has 6 heteroatoms. The first-order valence-electron chi connectivity index (χ1n) is 11.6. The maximum atomic E-state index is 13.6. The number of hydrogen-bond acceptors (Lipinski definition) is 5. The van der Waals surface area contributed by atoms with E-state index in [1.165, 1.54) is 18.2 Å². The number of halogens is 1. The summed E-state index contributed by atoms with van der Waals surface area (Å²) in [5.41, 5.74) is 4.41. The van der Waals surface area contributed by atoms with Gasteiger partial charge < -0.3 is 24.9 Å². The second-order valence-corrected chi connectivity index (χ2v) is 8.80. The SMILES string of the molecule is CC(C)c1cc(OCc2ccccc2)cc(-c2ccc(F)cc2)c1/C=C/C(O)CC(O)CC(=O)[O-]. The van der Waals surface area contributed by atoms with Crippen molar-refractivity contribution >= 4 is 12.0 Å². The van der Waals surface area contributed by atoms with Gasteiger partial charge in [-0.25, -0.2) is 4.39 Å². The lowest BCUT2D eigenvalue weighted by Gasteiger charge is -2.19. The third kappa shape index (κ3) is 7.77. The highest BCUT2D eigenvalue weighted by Gasteiger charge is 2.16. The zero-order valence-electron chi connectivity index (χ0n) is 19.9. The van der Waals surface area contributed by atoms with Crippen molar-refractivity contribution < 1.29 is 29.2 Å². The minimum absolute atomic E-state index is 0.106. The molecule has 2 N–H and O–H groups in total. The van der Waals surface area contributed by atoms with Crippen LogP contribution >= 0.6 is 0 Å². The molecule has 3 rings (SSSR count). The van der Waals surface area contributed by atoms with Gasteiger partial charge in [-0.05, 0) is 58.0 Å². The molecule has 0 heterocycles. The first kappa shape index (κ1) is 26.1. The van der Waals surface area contributed by atoms with E-state index in [2.05, 4.69) is 0 Å². The molecule has 35 heavy (non-hydrogen) atoms. The quantitative estimate of drug-likeness (QED) is 0.426. The summed E-state index contributed by atoms with van der Waals surface area (Å²) >= 11 is 0. The first-order chi connectivity index (χ1) is 16.7. The highest BCUT2D eigenvalue weighted by Crippen LogP contribution is 2.36. The maximum absolute atomic E-state index is 13.6. The monoisotopic (exact) mass is 477 g/mol. The fraction of sp³-hybridized carbons (Fsp3) is 0.276. The molecule has 0 saturated carbocycles. The summed E-state index contributed by atoms with van der Waals surface area (Å²) in [6.07, 6.45) is 0.332. The maximum Gasteiger partial charge on any atom is 0.123 e. The van der Waals surface area contributed by atoms with Crippen LogP contribution in [0.15, 0.2) is 72.8 Å². The number of aliphatic hydroxyl groups is 2. The van der Waals surface area contributed by atoms with E-state index in [0.717, 1.165) is 27.8 Å². The number of carbonyl (C=O) groups excluding carboxylic acids is 1. The van der Waals surface area contributed by atoms with Crippen molar-refractivity contribution in [1.29, 1.82) is 0 Å². The van der Waals surface area contributed by atoms with Gasteiger partial charge in [0.1, 0.15) is 18.2 Å². The van der Waals surface area contributed by atoms with Crippen molar-refractivity contribution in [3.63, 3.8) is 0 Å². The summed E-state index contributed by atoms with van der Waals surface area (Å²) < 4.78 is 19.7. The summed E-state index contributed by atoms with van der Waals surface area (Å²) in [7, 11) is 0. The van der Waals surface area contributed by atoms with Gasteiger partial charge in [0.2, 0.25) is 0 Å². The fourth-order valence-electron chi connectivity index (χ4n) is 3.84. The van der Waals surface area contributed by atoms with E-state index in [4.69, 9.17) is 4.74 Å². The molecular weight excluding hydrogens is 447 g/mol. The lowest BCUT2D eigenvalue weighted by molar-refractivity contribution is -0.307. The average molecular weight is 478 g/mol. The van der Waals surface area contributed by atoms with Crippen LogP contribution in [-0.2, 0) is 11.4 Å². The third-order valence-electron chi connectivity index (χ3n) is 5.61. The zero-order valence-corrected chi connectivity index (χ0v) is 19.9. The number of carboxylic acids is 1. The van der Waals surface area contributed by atoms with Gasteiger partial charge in [-0.3, -0.25) is 0 Å². The molecule has 0 aliphatic carbocycles. The van der Waals surface area contributed by atoms with Crippen molar-refractivity contribution in [3.05, 3.63) is 95.3 Å². The van der Waals surface area contributed by atoms with Crippen LogP contribution in [0.2, 0.25) is 0 Å². The van der Waals surface area contributed by atoms with Crippen LogP contribution in [0.4, 0.5) is 4.39 Å². The van der Waals surface area contributed by atoms with E-state index in [9.17, 15) is 24.5 Å². The van der Waals surface area contributed by atoms with Crippen LogP contribution in [0, 0.1) is 5.82 Å². The number of ether oxygens (including phenoxy) is 1. The molecule has 0 spiro atoms. The highest BCUT2D eigenvalue weighted by molar-refractivity contribution is 5.79. The van der Waals surface area contributed by atoms with E-state index in [1.54, 1.807) is 18.2 Å². The molecule has 184 valence electrons. The Balaban J connectivity index is 1.98. The summed E-state index contributed by atoms with van der Waals surface area (Å²) in [4.78, 5) is 10.7. The van der Waals surface area contributed by atoms with E-state index < -0.39 is 24.6 Å². The summed E-state index contributed by atoms with van der Waals surface area (Å²) in [5.74, 6) is -0.946. The minimum atomic E-state index is -1.37. The smallest absolute Gasteiger partial charge is 0.123 e. The number of hydrogen-bond donors (Lipinski definition) is 2. The molecule has 0 saturated heterocycles. The summed E-state index contributed by atoms with van der Waals surface area (Å²) in [6.45, 7) is 4.48. The molecule has 0 aliphatic rings. The molecular formula is C29H30FO5-. The second kappa shape index (κ2) is 12.3. The summed E-state index contributed by atoms with van der Waals surface area (Å²) in [6, 6.07) is 19.8. The standard InChI is InChI=1S/C29H31FO5/c1-19(2)27-16-25(35-18-20-6-4-3-5-7-20)17-28(21-8-10-22(30)11-9-21)26(27)13-12-23(31)14-24(32)15-29(33)34/h3-13,16-17,19,23-24,31-32H,14-15,18H2,1-2H3,(H,33,34)/p-1/b13-12+. The number of benzene rings is 3. The van der Waals surface area contributed by atoms with Crippen molar-refractivity contribution in [2.45, 2.75) is 51.4 Å². The number of aliphatic carboxylic acids is 1. The average Bonchev–Trinajstić information content (AvgIpc) is 2.81. The van der Waals surface area contributed by atoms with Crippen LogP contribution in [0.3, 0.4) is 0 Å². The lowest BCUT2D eigenvalue weighted by atomic mass is 9.89. The Morgan fingerprint density at radius 3 is 2.37 bits per heavy atom. The van der Waals surface area contributed by atoms with Gasteiger partial charge in [-0.1, -0.05) is 68.5 Å². The van der Waals surface area contributed by atoms with Gasteiger partial charge in [0.25, 0.3) is 0 Å². The first-order valence-corrected chi connectivity index (χ1v) is 11.6. The normalized spacial score (nSPS) is 13.2. The van der Waals surface area contributed by atoms with E-state index in [1.807, 2.05) is 56.3 Å². The van der Waals surface area contributed by atoms with Gasteiger partial charge >= 0.3 is 0 Å². The molecule has 0 aromatic heterocycles. The van der Waals surface area contributed by atoms with E-state index in [-0.39, 0.29) is 18.2 Å². The molecule has 5 nitrogen and oxygen atoms in total. The van der Waals surface area contributed by atoms with Crippen molar-refractivity contribution in [2.75, 3.05) is 0 Å². The fourth-order valence-corrected chi connectivity index (χ4v) is 3.84. The van der Waals surface area contributed by atoms with Gasteiger partial charge in [-0.2, -0.15) is 0 Å². The van der Waals surface area contributed by atoms with Gasteiger partial charge in [0, 0.05) is 18.8 Å². The molecule has 3 aromatic carbocycles. The zero-order chi connectivity index (χ0) is 25.4. The molecule has 0 bridgehead atoms. The van der Waals surface area contributed by atoms with Gasteiger partial charge in [0.05, 0.1) is 12.2 Å². The van der Waals surface area contributed by atoms with Crippen molar-refractivity contribution in [1.82, 2.24) is 0 Å². The Labute approximate surface area is 205 Å². The Hall–Kier alpha value is -3.48. The van der Waals surface area contributed by atoms with Gasteiger partial charge in [-0.15, -0.1) is 0 Å². The van der Waals surface area contributed by atoms with Crippen molar-refractivity contribution in [2.24, 2.45) is 0 Å². The summed E-state index contributed by atoms with van der Waals surface area (Å²) in [5, 5.41) is 30.8. The second-order valence-electron chi connectivity index (χ2n) is 8.80. The topological polar surface area (TPSA) is 89.8 Å². The van der Waals surface area contributed by atoms with Crippen LogP contribution in [0.25, 0.3) is 17.2 Å². The molecule has 0 radical (unpaired) electrons. The number of aliphatic hydroxyl groups excluding tert-OH is 2. The van der Waals surface area contributed by atoms with Crippen LogP contribution in [0.1, 0.15) is 49.3 Å². The van der Waals surface area contributed by atoms with Crippen LogP contribution in [0.5, 0.6) is 5.75 Å². The lowest BCUT2D eigenvalue weighted by Crippen LogP contribution is -2.29. The van der Waals surface area contributed by atoms with Gasteiger partial charge in [0.15, 0.2) is 0 Å². The Bertz CT molecular complexity index is 1140. The molecule has 3 aromatic rings. The molecule has 2 unspecified atom stereocenters. The largest absolute Gasteiger partial charge is 0.550 e.